The van der Waals surface area contributed by atoms with Crippen molar-refractivity contribution in [3.8, 4) is 17.2 Å². The van der Waals surface area contributed by atoms with Crippen LogP contribution in [0.25, 0.3) is 5.76 Å². The maximum Gasteiger partial charge on any atom is 0.296 e. The Balaban J connectivity index is 1.80. The molecule has 1 aliphatic rings. The average molecular weight is 520 g/mol. The van der Waals surface area contributed by atoms with E-state index in [4.69, 9.17) is 18.6 Å². The minimum Gasteiger partial charge on any atom is -0.507 e. The minimum absolute atomic E-state index is 0.0225. The van der Waals surface area contributed by atoms with Crippen LogP contribution in [0, 0.1) is 5.92 Å². The number of methoxy groups -OCH3 is 1. The average Bonchev–Trinajstić information content (AvgIpc) is 3.51. The van der Waals surface area contributed by atoms with Crippen LogP contribution in [0.3, 0.4) is 0 Å². The number of rotatable bonds is 11. The van der Waals surface area contributed by atoms with Gasteiger partial charge in [-0.05, 0) is 61.2 Å². The Bertz CT molecular complexity index is 1310. The van der Waals surface area contributed by atoms with Crippen molar-refractivity contribution in [2.45, 2.75) is 39.8 Å². The number of carbonyl (C=O) groups is 2. The summed E-state index contributed by atoms with van der Waals surface area (Å²) in [5, 5.41) is 11.4. The summed E-state index contributed by atoms with van der Waals surface area (Å²) in [6.07, 6.45) is 2.39. The van der Waals surface area contributed by atoms with Crippen LogP contribution in [-0.4, -0.2) is 42.0 Å². The van der Waals surface area contributed by atoms with E-state index in [9.17, 15) is 14.7 Å². The Kier molecular flexibility index (Phi) is 8.41. The second kappa shape index (κ2) is 11.9. The first-order chi connectivity index (χ1) is 18.3. The number of Topliss-reactive ketones (excluding diaryl/α,β-unsaturated/α-hetero) is 1. The number of benzene rings is 2. The first-order valence-corrected chi connectivity index (χ1v) is 12.7. The topological polar surface area (TPSA) is 98.4 Å². The Morgan fingerprint density at radius 2 is 1.87 bits per heavy atom. The van der Waals surface area contributed by atoms with Crippen LogP contribution in [-0.2, 0) is 16.1 Å². The van der Waals surface area contributed by atoms with Gasteiger partial charge >= 0.3 is 0 Å². The Morgan fingerprint density at radius 3 is 2.55 bits per heavy atom. The third-order valence-corrected chi connectivity index (χ3v) is 6.32. The van der Waals surface area contributed by atoms with E-state index >= 15 is 0 Å². The molecule has 1 fully saturated rings. The molecular weight excluding hydrogens is 486 g/mol. The highest BCUT2D eigenvalue weighted by molar-refractivity contribution is 6.46. The molecule has 2 aromatic carbocycles. The van der Waals surface area contributed by atoms with Crippen molar-refractivity contribution in [1.82, 2.24) is 4.90 Å². The molecule has 0 radical (unpaired) electrons. The maximum absolute atomic E-state index is 13.4. The first kappa shape index (κ1) is 26.9. The lowest BCUT2D eigenvalue weighted by Crippen LogP contribution is -2.29. The third kappa shape index (κ3) is 5.69. The van der Waals surface area contributed by atoms with Gasteiger partial charge in [-0.15, -0.1) is 0 Å². The number of likely N-dealkylation sites (tertiary alicyclic amines) is 1. The normalized spacial score (nSPS) is 16.8. The number of ketones is 1. The van der Waals surface area contributed by atoms with E-state index in [0.29, 0.717) is 53.3 Å². The summed E-state index contributed by atoms with van der Waals surface area (Å²) in [6.45, 7) is 7.12. The molecule has 0 bridgehead atoms. The van der Waals surface area contributed by atoms with E-state index in [0.717, 1.165) is 6.42 Å². The molecule has 4 rings (SSSR count). The summed E-state index contributed by atoms with van der Waals surface area (Å²) < 4.78 is 22.6. The van der Waals surface area contributed by atoms with Gasteiger partial charge in [-0.2, -0.15) is 0 Å². The summed E-state index contributed by atoms with van der Waals surface area (Å²) in [7, 11) is 1.54. The zero-order chi connectivity index (χ0) is 27.2. The Hall–Kier alpha value is -4.20. The molecule has 1 aromatic heterocycles. The molecule has 200 valence electrons. The molecule has 0 aliphatic carbocycles. The van der Waals surface area contributed by atoms with Gasteiger partial charge in [0.05, 0.1) is 44.7 Å². The summed E-state index contributed by atoms with van der Waals surface area (Å²) in [5.74, 6) is 0.772. The number of nitrogens with zero attached hydrogens (tertiary/aromatic N) is 1. The molecule has 1 atom stereocenters. The number of aliphatic hydroxyl groups is 1. The van der Waals surface area contributed by atoms with Crippen molar-refractivity contribution in [3.05, 3.63) is 83.3 Å². The molecule has 1 aliphatic heterocycles. The Morgan fingerprint density at radius 1 is 1.05 bits per heavy atom. The monoisotopic (exact) mass is 519 g/mol. The van der Waals surface area contributed by atoms with Crippen molar-refractivity contribution in [2.24, 2.45) is 5.92 Å². The molecule has 1 unspecified atom stereocenters. The molecule has 1 N–H and O–H groups in total. The maximum atomic E-state index is 13.4. The minimum atomic E-state index is -0.880. The van der Waals surface area contributed by atoms with Gasteiger partial charge in [0.1, 0.15) is 17.3 Å². The van der Waals surface area contributed by atoms with Crippen LogP contribution in [0.15, 0.2) is 70.9 Å². The van der Waals surface area contributed by atoms with Crippen LogP contribution < -0.4 is 14.2 Å². The van der Waals surface area contributed by atoms with Gasteiger partial charge in [0, 0.05) is 5.56 Å². The van der Waals surface area contributed by atoms with E-state index in [1.165, 1.54) is 18.3 Å². The number of amides is 1. The molecule has 1 amide bonds. The summed E-state index contributed by atoms with van der Waals surface area (Å²) >= 11 is 0. The number of aliphatic hydroxyl groups excluding tert-OH is 1. The van der Waals surface area contributed by atoms with E-state index in [2.05, 4.69) is 13.8 Å². The van der Waals surface area contributed by atoms with Crippen molar-refractivity contribution < 1.29 is 33.3 Å². The fourth-order valence-corrected chi connectivity index (χ4v) is 4.39. The molecule has 2 heterocycles. The van der Waals surface area contributed by atoms with Crippen molar-refractivity contribution in [1.29, 1.82) is 0 Å². The molecule has 1 saturated heterocycles. The quantitative estimate of drug-likeness (QED) is 0.196. The molecule has 8 nitrogen and oxygen atoms in total. The standard InChI is InChI=1S/C30H33NO7/c1-5-36-22-9-6-8-21(16-22)28(32)26-27(31(30(34)29(26)33)18-23-10-7-14-37-23)20-11-12-24(25(17-20)35-4)38-15-13-19(2)3/h6-12,14,16-17,19,27,32H,5,13,15,18H2,1-4H3/b28-26+. The zero-order valence-electron chi connectivity index (χ0n) is 22.1. The predicted octanol–water partition coefficient (Wildman–Crippen LogP) is 5.73. The van der Waals surface area contributed by atoms with Gasteiger partial charge in [-0.1, -0.05) is 32.0 Å². The molecular formula is C30H33NO7. The second-order valence-electron chi connectivity index (χ2n) is 9.41. The first-order valence-electron chi connectivity index (χ1n) is 12.7. The van der Waals surface area contributed by atoms with Gasteiger partial charge in [0.2, 0.25) is 0 Å². The van der Waals surface area contributed by atoms with Crippen molar-refractivity contribution in [2.75, 3.05) is 20.3 Å². The van der Waals surface area contributed by atoms with Gasteiger partial charge in [0.15, 0.2) is 11.5 Å². The molecule has 0 spiro atoms. The van der Waals surface area contributed by atoms with Gasteiger partial charge < -0.3 is 28.6 Å². The summed E-state index contributed by atoms with van der Waals surface area (Å²) in [5.41, 5.74) is 0.939. The van der Waals surface area contributed by atoms with Crippen LogP contribution >= 0.6 is 0 Å². The summed E-state index contributed by atoms with van der Waals surface area (Å²) in [6, 6.07) is 14.6. The second-order valence-corrected chi connectivity index (χ2v) is 9.41. The van der Waals surface area contributed by atoms with Gasteiger partial charge in [-0.3, -0.25) is 9.59 Å². The van der Waals surface area contributed by atoms with Gasteiger partial charge in [0.25, 0.3) is 11.7 Å². The SMILES string of the molecule is CCOc1cccc(/C(O)=C2\C(=O)C(=O)N(Cc3ccco3)C2c2ccc(OCCC(C)C)c(OC)c2)c1. The lowest BCUT2D eigenvalue weighted by Gasteiger charge is -2.25. The third-order valence-electron chi connectivity index (χ3n) is 6.32. The Labute approximate surface area is 222 Å². The lowest BCUT2D eigenvalue weighted by molar-refractivity contribution is -0.140. The smallest absolute Gasteiger partial charge is 0.296 e. The van der Waals surface area contributed by atoms with Crippen LogP contribution in [0.1, 0.15) is 50.1 Å². The predicted molar refractivity (Wildman–Crippen MR) is 142 cm³/mol. The fourth-order valence-electron chi connectivity index (χ4n) is 4.39. The largest absolute Gasteiger partial charge is 0.507 e. The van der Waals surface area contributed by atoms with Gasteiger partial charge in [-0.25, -0.2) is 0 Å². The van der Waals surface area contributed by atoms with E-state index in [-0.39, 0.29) is 17.9 Å². The number of hydrogen-bond donors (Lipinski definition) is 1. The summed E-state index contributed by atoms with van der Waals surface area (Å²) in [4.78, 5) is 28.0. The van der Waals surface area contributed by atoms with Crippen LogP contribution in [0.2, 0.25) is 0 Å². The van der Waals surface area contributed by atoms with E-state index in [1.807, 2.05) is 6.92 Å². The highest BCUT2D eigenvalue weighted by Crippen LogP contribution is 2.43. The van der Waals surface area contributed by atoms with E-state index < -0.39 is 17.7 Å². The molecule has 8 heteroatoms. The number of carbonyl (C=O) groups excluding carboxylic acids is 2. The lowest BCUT2D eigenvalue weighted by atomic mass is 9.95. The zero-order valence-corrected chi connectivity index (χ0v) is 22.1. The molecule has 38 heavy (non-hydrogen) atoms. The highest BCUT2D eigenvalue weighted by Gasteiger charge is 2.46. The number of furan rings is 1. The molecule has 3 aromatic rings. The number of hydrogen-bond acceptors (Lipinski definition) is 7. The molecule has 0 saturated carbocycles. The van der Waals surface area contributed by atoms with E-state index in [1.54, 1.807) is 54.6 Å². The van der Waals surface area contributed by atoms with Crippen molar-refractivity contribution in [3.63, 3.8) is 0 Å². The highest BCUT2D eigenvalue weighted by atomic mass is 16.5. The fraction of sp³-hybridized carbons (Fsp3) is 0.333. The number of ether oxygens (including phenoxy) is 3. The van der Waals surface area contributed by atoms with Crippen molar-refractivity contribution >= 4 is 17.4 Å². The van der Waals surface area contributed by atoms with Crippen LogP contribution in [0.4, 0.5) is 0 Å². The van der Waals surface area contributed by atoms with Crippen LogP contribution in [0.5, 0.6) is 17.2 Å².